The van der Waals surface area contributed by atoms with Gasteiger partial charge in [-0.3, -0.25) is 5.10 Å². The number of nitrogen functional groups attached to an aromatic ring is 1. The minimum atomic E-state index is -4.33. The Balaban J connectivity index is 2.33. The van der Waals surface area contributed by atoms with Gasteiger partial charge in [-0.05, 0) is 12.1 Å². The van der Waals surface area contributed by atoms with Gasteiger partial charge in [0.2, 0.25) is 5.95 Å². The zero-order valence-corrected chi connectivity index (χ0v) is 7.92. The highest BCUT2D eigenvalue weighted by Gasteiger charge is 2.30. The molecule has 16 heavy (non-hydrogen) atoms. The molecule has 2 rings (SSSR count). The average molecular weight is 228 g/mol. The van der Waals surface area contributed by atoms with Crippen molar-refractivity contribution in [2.45, 2.75) is 6.18 Å². The molecule has 1 heterocycles. The molecule has 0 fully saturated rings. The average Bonchev–Trinajstić information content (AvgIpc) is 2.64. The molecule has 0 aliphatic carbocycles. The predicted molar refractivity (Wildman–Crippen MR) is 51.2 cm³/mol. The van der Waals surface area contributed by atoms with Crippen molar-refractivity contribution >= 4 is 5.95 Å². The van der Waals surface area contributed by atoms with Gasteiger partial charge in [0.05, 0.1) is 5.56 Å². The Morgan fingerprint density at radius 1 is 1.12 bits per heavy atom. The number of alkyl halides is 3. The molecular formula is C9H7F3N4. The lowest BCUT2D eigenvalue weighted by Crippen LogP contribution is -2.04. The van der Waals surface area contributed by atoms with Gasteiger partial charge in [0.25, 0.3) is 0 Å². The van der Waals surface area contributed by atoms with E-state index in [0.717, 1.165) is 12.1 Å². The van der Waals surface area contributed by atoms with Crippen molar-refractivity contribution in [3.05, 3.63) is 29.8 Å². The van der Waals surface area contributed by atoms with Crippen molar-refractivity contribution < 1.29 is 13.2 Å². The van der Waals surface area contributed by atoms with Gasteiger partial charge >= 0.3 is 6.18 Å². The summed E-state index contributed by atoms with van der Waals surface area (Å²) in [5.74, 6) is 0.390. The zero-order valence-electron chi connectivity index (χ0n) is 7.92. The van der Waals surface area contributed by atoms with Crippen LogP contribution < -0.4 is 5.73 Å². The second kappa shape index (κ2) is 3.51. The highest BCUT2D eigenvalue weighted by Crippen LogP contribution is 2.30. The number of nitrogens with zero attached hydrogens (tertiary/aromatic N) is 2. The lowest BCUT2D eigenvalue weighted by atomic mass is 10.1. The van der Waals surface area contributed by atoms with Gasteiger partial charge in [0.1, 0.15) is 0 Å². The molecule has 0 radical (unpaired) electrons. The van der Waals surface area contributed by atoms with E-state index in [4.69, 9.17) is 5.73 Å². The number of rotatable bonds is 1. The van der Waals surface area contributed by atoms with E-state index >= 15 is 0 Å². The van der Waals surface area contributed by atoms with Crippen LogP contribution in [-0.2, 0) is 6.18 Å². The molecule has 4 nitrogen and oxygen atoms in total. The molecule has 3 N–H and O–H groups in total. The van der Waals surface area contributed by atoms with Crippen LogP contribution in [0.2, 0.25) is 0 Å². The third kappa shape index (κ3) is 1.97. The number of H-pyrrole nitrogens is 1. The quantitative estimate of drug-likeness (QED) is 0.785. The second-order valence-corrected chi connectivity index (χ2v) is 3.12. The Hall–Kier alpha value is -2.05. The summed E-state index contributed by atoms with van der Waals surface area (Å²) in [5.41, 5.74) is 5.07. The third-order valence-corrected chi connectivity index (χ3v) is 1.99. The number of anilines is 1. The molecule has 0 saturated heterocycles. The summed E-state index contributed by atoms with van der Waals surface area (Å²) >= 11 is 0. The molecule has 0 saturated carbocycles. The highest BCUT2D eigenvalue weighted by atomic mass is 19.4. The van der Waals surface area contributed by atoms with Crippen LogP contribution in [0.4, 0.5) is 19.1 Å². The van der Waals surface area contributed by atoms with Crippen LogP contribution in [0.25, 0.3) is 11.4 Å². The fraction of sp³-hybridized carbons (Fsp3) is 0.111. The van der Waals surface area contributed by atoms with Crippen LogP contribution in [0.3, 0.4) is 0 Å². The summed E-state index contributed by atoms with van der Waals surface area (Å²) in [6, 6.07) is 4.58. The summed E-state index contributed by atoms with van der Waals surface area (Å²) in [7, 11) is 0. The van der Waals surface area contributed by atoms with Crippen LogP contribution >= 0.6 is 0 Å². The molecular weight excluding hydrogens is 221 g/mol. The zero-order chi connectivity index (χ0) is 11.8. The molecule has 0 spiro atoms. The lowest BCUT2D eigenvalue weighted by Gasteiger charge is -2.06. The van der Waals surface area contributed by atoms with E-state index in [2.05, 4.69) is 15.2 Å². The predicted octanol–water partition coefficient (Wildman–Crippen LogP) is 2.07. The molecule has 7 heteroatoms. The lowest BCUT2D eigenvalue weighted by molar-refractivity contribution is -0.137. The van der Waals surface area contributed by atoms with Crippen LogP contribution in [0, 0.1) is 0 Å². The van der Waals surface area contributed by atoms with E-state index in [1.165, 1.54) is 12.1 Å². The standard InChI is InChI=1S/C9H7F3N4/c10-9(11,12)6-3-1-5(2-4-6)7-14-8(13)16-15-7/h1-4H,(H3,13,14,15,16). The van der Waals surface area contributed by atoms with Crippen molar-refractivity contribution in [2.75, 3.05) is 5.73 Å². The van der Waals surface area contributed by atoms with E-state index in [1.807, 2.05) is 0 Å². The Bertz CT molecular complexity index is 486. The van der Waals surface area contributed by atoms with Crippen molar-refractivity contribution in [1.82, 2.24) is 15.2 Å². The Morgan fingerprint density at radius 3 is 2.19 bits per heavy atom. The second-order valence-electron chi connectivity index (χ2n) is 3.12. The van der Waals surface area contributed by atoms with Crippen LogP contribution in [0.15, 0.2) is 24.3 Å². The highest BCUT2D eigenvalue weighted by molar-refractivity contribution is 5.56. The van der Waals surface area contributed by atoms with Crippen LogP contribution in [-0.4, -0.2) is 15.2 Å². The molecule has 1 aromatic heterocycles. The van der Waals surface area contributed by atoms with Gasteiger partial charge in [-0.25, -0.2) is 0 Å². The van der Waals surface area contributed by atoms with E-state index < -0.39 is 11.7 Å². The number of aromatic nitrogens is 3. The van der Waals surface area contributed by atoms with E-state index in [0.29, 0.717) is 11.4 Å². The summed E-state index contributed by atoms with van der Waals surface area (Å²) in [5, 5.41) is 6.10. The van der Waals surface area contributed by atoms with Crippen molar-refractivity contribution in [3.63, 3.8) is 0 Å². The number of hydrogen-bond acceptors (Lipinski definition) is 3. The summed E-state index contributed by atoms with van der Waals surface area (Å²) < 4.78 is 36.8. The number of aromatic amines is 1. The number of nitrogens with one attached hydrogen (secondary N) is 1. The minimum absolute atomic E-state index is 0.0508. The van der Waals surface area contributed by atoms with Gasteiger partial charge in [-0.15, -0.1) is 5.10 Å². The Labute approximate surface area is 88.3 Å². The first-order valence-electron chi connectivity index (χ1n) is 4.32. The van der Waals surface area contributed by atoms with E-state index in [1.54, 1.807) is 0 Å². The molecule has 0 unspecified atom stereocenters. The maximum Gasteiger partial charge on any atom is 0.416 e. The smallest absolute Gasteiger partial charge is 0.366 e. The number of benzene rings is 1. The van der Waals surface area contributed by atoms with Gasteiger partial charge in [-0.2, -0.15) is 18.2 Å². The first-order chi connectivity index (χ1) is 7.47. The maximum atomic E-state index is 12.3. The maximum absolute atomic E-state index is 12.3. The van der Waals surface area contributed by atoms with Gasteiger partial charge in [0, 0.05) is 5.56 Å². The molecule has 2 aromatic rings. The van der Waals surface area contributed by atoms with Gasteiger partial charge in [0.15, 0.2) is 5.82 Å². The SMILES string of the molecule is Nc1n[nH]c(-c2ccc(C(F)(F)F)cc2)n1. The van der Waals surface area contributed by atoms with Gasteiger partial charge in [-0.1, -0.05) is 12.1 Å². The largest absolute Gasteiger partial charge is 0.416 e. The van der Waals surface area contributed by atoms with Crippen molar-refractivity contribution in [2.24, 2.45) is 0 Å². The van der Waals surface area contributed by atoms with Gasteiger partial charge < -0.3 is 5.73 Å². The molecule has 0 atom stereocenters. The number of halogens is 3. The fourth-order valence-electron chi connectivity index (χ4n) is 1.22. The molecule has 0 aliphatic heterocycles. The number of hydrogen-bond donors (Lipinski definition) is 2. The Morgan fingerprint density at radius 2 is 1.75 bits per heavy atom. The van der Waals surface area contributed by atoms with E-state index in [-0.39, 0.29) is 5.95 Å². The molecule has 1 aromatic carbocycles. The number of nitrogens with two attached hydrogens (primary N) is 1. The summed E-state index contributed by atoms with van der Waals surface area (Å²) in [6.07, 6.45) is -4.33. The Kier molecular flexibility index (Phi) is 2.30. The molecule has 84 valence electrons. The summed E-state index contributed by atoms with van der Waals surface area (Å²) in [6.45, 7) is 0. The first-order valence-corrected chi connectivity index (χ1v) is 4.32. The third-order valence-electron chi connectivity index (χ3n) is 1.99. The minimum Gasteiger partial charge on any atom is -0.366 e. The molecule has 0 aliphatic rings. The topological polar surface area (TPSA) is 67.6 Å². The normalized spacial score (nSPS) is 11.7. The fourth-order valence-corrected chi connectivity index (χ4v) is 1.22. The monoisotopic (exact) mass is 228 g/mol. The molecule has 0 amide bonds. The van der Waals surface area contributed by atoms with Crippen molar-refractivity contribution in [1.29, 1.82) is 0 Å². The summed E-state index contributed by atoms with van der Waals surface area (Å²) in [4.78, 5) is 3.80. The van der Waals surface area contributed by atoms with E-state index in [9.17, 15) is 13.2 Å². The molecule has 0 bridgehead atoms. The van der Waals surface area contributed by atoms with Crippen molar-refractivity contribution in [3.8, 4) is 11.4 Å². The van der Waals surface area contributed by atoms with Crippen LogP contribution in [0.1, 0.15) is 5.56 Å². The first kappa shape index (κ1) is 10.5. The van der Waals surface area contributed by atoms with Crippen LogP contribution in [0.5, 0.6) is 0 Å².